The molecule has 0 aliphatic rings. The molecule has 0 atom stereocenters. The third-order valence-corrected chi connectivity index (χ3v) is 5.48. The van der Waals surface area contributed by atoms with Crippen molar-refractivity contribution in [2.24, 2.45) is 10.1 Å². The summed E-state index contributed by atoms with van der Waals surface area (Å²) in [4.78, 5) is 6.50. The zero-order valence-corrected chi connectivity index (χ0v) is 17.6. The molecule has 0 aliphatic carbocycles. The van der Waals surface area contributed by atoms with Gasteiger partial charge in [-0.2, -0.15) is 5.10 Å². The lowest BCUT2D eigenvalue weighted by Crippen LogP contribution is -2.12. The molecule has 0 saturated heterocycles. The van der Waals surface area contributed by atoms with Gasteiger partial charge in [0.05, 0.1) is 29.9 Å². The summed E-state index contributed by atoms with van der Waals surface area (Å²) >= 11 is 3.18. The van der Waals surface area contributed by atoms with Gasteiger partial charge in [-0.3, -0.25) is 4.99 Å². The molecule has 0 radical (unpaired) electrons. The van der Waals surface area contributed by atoms with Gasteiger partial charge in [-0.05, 0) is 36.9 Å². The molecule has 1 N–H and O–H groups in total. The van der Waals surface area contributed by atoms with E-state index in [2.05, 4.69) is 22.7 Å². The highest BCUT2D eigenvalue weighted by Crippen LogP contribution is 2.26. The predicted molar refractivity (Wildman–Crippen MR) is 118 cm³/mol. The van der Waals surface area contributed by atoms with Gasteiger partial charge in [-0.1, -0.05) is 25.1 Å². The molecule has 146 valence electrons. The first-order chi connectivity index (χ1) is 13.6. The van der Waals surface area contributed by atoms with E-state index in [1.165, 1.54) is 11.3 Å². The number of thiophene rings is 1. The second-order valence-electron chi connectivity index (χ2n) is 6.28. The van der Waals surface area contributed by atoms with Crippen LogP contribution < -0.4 is 9.54 Å². The van der Waals surface area contributed by atoms with Gasteiger partial charge in [0.1, 0.15) is 11.5 Å². The molecule has 2 aromatic heterocycles. The third-order valence-electron chi connectivity index (χ3n) is 3.73. The first-order valence-electron chi connectivity index (χ1n) is 8.98. The fourth-order valence-electron chi connectivity index (χ4n) is 2.38. The summed E-state index contributed by atoms with van der Waals surface area (Å²) in [7, 11) is 0. The van der Waals surface area contributed by atoms with E-state index in [1.54, 1.807) is 34.4 Å². The zero-order valence-electron chi connectivity index (χ0n) is 16.0. The molecule has 0 aliphatic heterocycles. The van der Waals surface area contributed by atoms with E-state index in [0.29, 0.717) is 24.5 Å². The van der Waals surface area contributed by atoms with Crippen molar-refractivity contribution in [3.05, 3.63) is 63.6 Å². The first-order valence-corrected chi connectivity index (χ1v) is 10.7. The van der Waals surface area contributed by atoms with E-state index in [0.717, 1.165) is 27.4 Å². The Balaban J connectivity index is 1.95. The van der Waals surface area contributed by atoms with Crippen LogP contribution in [0.3, 0.4) is 0 Å². The highest BCUT2D eigenvalue weighted by molar-refractivity contribution is 7.14. The lowest BCUT2D eigenvalue weighted by molar-refractivity contribution is 0.315. The van der Waals surface area contributed by atoms with Crippen LogP contribution in [0, 0.1) is 0 Å². The molecule has 0 spiro atoms. The van der Waals surface area contributed by atoms with Crippen LogP contribution in [-0.2, 0) is 0 Å². The molecular formula is C21H23N3O2S2. The molecule has 0 amide bonds. The Labute approximate surface area is 172 Å². The van der Waals surface area contributed by atoms with E-state index in [-0.39, 0.29) is 5.75 Å². The van der Waals surface area contributed by atoms with Gasteiger partial charge in [0.25, 0.3) is 0 Å². The average molecular weight is 414 g/mol. The molecular weight excluding hydrogens is 390 g/mol. The van der Waals surface area contributed by atoms with Crippen molar-refractivity contribution in [3.8, 4) is 22.1 Å². The maximum Gasteiger partial charge on any atom is 0.206 e. The Bertz CT molecular complexity index is 1030. The number of thiazole rings is 1. The van der Waals surface area contributed by atoms with Crippen LogP contribution >= 0.6 is 22.7 Å². The normalized spacial score (nSPS) is 12.0. The lowest BCUT2D eigenvalue weighted by atomic mass is 10.2. The van der Waals surface area contributed by atoms with Crippen molar-refractivity contribution in [2.45, 2.75) is 20.3 Å². The van der Waals surface area contributed by atoms with Crippen LogP contribution in [0.1, 0.15) is 25.8 Å². The molecule has 5 nitrogen and oxygen atoms in total. The number of hydrogen-bond acceptors (Lipinski definition) is 6. The molecule has 1 aromatic carbocycles. The molecule has 7 heteroatoms. The van der Waals surface area contributed by atoms with Gasteiger partial charge in [0.15, 0.2) is 0 Å². The van der Waals surface area contributed by atoms with Crippen LogP contribution in [0.2, 0.25) is 0 Å². The molecule has 0 fully saturated rings. The van der Waals surface area contributed by atoms with Crippen LogP contribution in [0.5, 0.6) is 11.5 Å². The van der Waals surface area contributed by atoms with E-state index in [9.17, 15) is 5.11 Å². The van der Waals surface area contributed by atoms with Crippen LogP contribution in [-0.4, -0.2) is 29.1 Å². The molecule has 28 heavy (non-hydrogen) atoms. The topological polar surface area (TPSA) is 59.1 Å². The second-order valence-corrected chi connectivity index (χ2v) is 8.06. The van der Waals surface area contributed by atoms with E-state index in [4.69, 9.17) is 4.74 Å². The van der Waals surface area contributed by atoms with Gasteiger partial charge in [0.2, 0.25) is 4.80 Å². The van der Waals surface area contributed by atoms with Crippen LogP contribution in [0.4, 0.5) is 0 Å². The minimum atomic E-state index is 0.131. The van der Waals surface area contributed by atoms with Crippen molar-refractivity contribution < 1.29 is 9.84 Å². The maximum atomic E-state index is 10.3. The Morgan fingerprint density at radius 2 is 2.18 bits per heavy atom. The standard InChI is InChI=1S/C21H23N3O2S2/c1-4-9-26-17-8-7-16(19(25)11-17)13-23-24-18(20-6-5-10-27-20)14-28-21(24)22-12-15(2)3/h5-8,10-11,13-14,25H,2,4,9,12H2,1,3H3. The molecule has 2 heterocycles. The average Bonchev–Trinajstić information content (AvgIpc) is 3.33. The summed E-state index contributed by atoms with van der Waals surface area (Å²) in [5, 5.41) is 19.0. The zero-order chi connectivity index (χ0) is 19.9. The van der Waals surface area contributed by atoms with Crippen LogP contribution in [0.15, 0.2) is 63.3 Å². The number of phenols is 1. The van der Waals surface area contributed by atoms with Crippen molar-refractivity contribution in [1.29, 1.82) is 0 Å². The SMILES string of the molecule is C=C(C)CN=c1scc(-c2cccs2)n1N=Cc1ccc(OCCC)cc1O. The van der Waals surface area contributed by atoms with Gasteiger partial charge < -0.3 is 9.84 Å². The van der Waals surface area contributed by atoms with Crippen LogP contribution in [0.25, 0.3) is 10.6 Å². The Morgan fingerprint density at radius 3 is 2.86 bits per heavy atom. The number of nitrogens with zero attached hydrogens (tertiary/aromatic N) is 3. The minimum Gasteiger partial charge on any atom is -0.507 e. The molecule has 0 bridgehead atoms. The minimum absolute atomic E-state index is 0.131. The quantitative estimate of drug-likeness (QED) is 0.411. The Kier molecular flexibility index (Phi) is 6.84. The Morgan fingerprint density at radius 1 is 1.32 bits per heavy atom. The largest absolute Gasteiger partial charge is 0.507 e. The van der Waals surface area contributed by atoms with Crippen molar-refractivity contribution in [1.82, 2.24) is 4.68 Å². The fraction of sp³-hybridized carbons (Fsp3) is 0.238. The smallest absolute Gasteiger partial charge is 0.206 e. The van der Waals surface area contributed by atoms with Gasteiger partial charge >= 0.3 is 0 Å². The van der Waals surface area contributed by atoms with Crippen molar-refractivity contribution in [3.63, 3.8) is 0 Å². The van der Waals surface area contributed by atoms with Gasteiger partial charge in [0, 0.05) is 17.0 Å². The summed E-state index contributed by atoms with van der Waals surface area (Å²) < 4.78 is 7.36. The summed E-state index contributed by atoms with van der Waals surface area (Å²) in [5.41, 5.74) is 2.58. The van der Waals surface area contributed by atoms with Crippen molar-refractivity contribution >= 4 is 28.9 Å². The summed E-state index contributed by atoms with van der Waals surface area (Å²) in [6, 6.07) is 9.31. The number of aromatic nitrogens is 1. The number of aromatic hydroxyl groups is 1. The van der Waals surface area contributed by atoms with E-state index in [1.807, 2.05) is 36.7 Å². The molecule has 3 rings (SSSR count). The first kappa shape index (κ1) is 20.1. The van der Waals surface area contributed by atoms with E-state index >= 15 is 0 Å². The Hall–Kier alpha value is -2.64. The number of benzene rings is 1. The molecule has 0 saturated carbocycles. The molecule has 0 unspecified atom stereocenters. The summed E-state index contributed by atoms with van der Waals surface area (Å²) in [6.45, 7) is 9.07. The number of phenolic OH excluding ortho intramolecular Hbond substituents is 1. The lowest BCUT2D eigenvalue weighted by Gasteiger charge is -2.06. The fourth-order valence-corrected chi connectivity index (χ4v) is 4.01. The number of hydrogen-bond donors (Lipinski definition) is 1. The van der Waals surface area contributed by atoms with Gasteiger partial charge in [-0.15, -0.1) is 22.7 Å². The summed E-state index contributed by atoms with van der Waals surface area (Å²) in [6.07, 6.45) is 2.56. The van der Waals surface area contributed by atoms with E-state index < -0.39 is 0 Å². The molecule has 3 aromatic rings. The number of ether oxygens (including phenoxy) is 1. The van der Waals surface area contributed by atoms with Crippen molar-refractivity contribution in [2.75, 3.05) is 13.2 Å². The number of rotatable bonds is 8. The monoisotopic (exact) mass is 413 g/mol. The second kappa shape index (κ2) is 9.52. The summed E-state index contributed by atoms with van der Waals surface area (Å²) in [5.74, 6) is 0.780. The predicted octanol–water partition coefficient (Wildman–Crippen LogP) is 5.13. The highest BCUT2D eigenvalue weighted by Gasteiger charge is 2.09. The third kappa shape index (κ3) is 4.99. The maximum absolute atomic E-state index is 10.3. The highest BCUT2D eigenvalue weighted by atomic mass is 32.1. The van der Waals surface area contributed by atoms with Gasteiger partial charge in [-0.25, -0.2) is 4.68 Å².